The number of nitrogens with one attached hydrogen (secondary N) is 2. The minimum Gasteiger partial charge on any atom is -0.481 e. The number of aliphatic carboxylic acids is 1. The maximum atomic E-state index is 12.5. The zero-order valence-corrected chi connectivity index (χ0v) is 18.5. The number of carbonyl (C=O) groups is 3. The number of hydrogen-bond acceptors (Lipinski definition) is 5. The lowest BCUT2D eigenvalue weighted by atomic mass is 9.98. The Hall–Kier alpha value is -3.39. The van der Waals surface area contributed by atoms with E-state index in [0.717, 1.165) is 22.3 Å². The lowest BCUT2D eigenvalue weighted by molar-refractivity contribution is -0.141. The first kappa shape index (κ1) is 22.8. The number of alkyl carbamates (subject to hydrolysis) is 1. The van der Waals surface area contributed by atoms with Crippen LogP contribution < -0.4 is 10.6 Å². The van der Waals surface area contributed by atoms with Gasteiger partial charge >= 0.3 is 12.1 Å². The molecule has 2 amide bonds. The van der Waals surface area contributed by atoms with Crippen molar-refractivity contribution < 1.29 is 29.0 Å². The van der Waals surface area contributed by atoms with Gasteiger partial charge in [0.1, 0.15) is 6.61 Å². The number of fused-ring (bicyclic) bond motifs is 3. The first-order chi connectivity index (χ1) is 16.0. The Morgan fingerprint density at radius 3 is 2.36 bits per heavy atom. The largest absolute Gasteiger partial charge is 0.481 e. The van der Waals surface area contributed by atoms with Crippen molar-refractivity contribution in [2.45, 2.75) is 37.8 Å². The van der Waals surface area contributed by atoms with Crippen molar-refractivity contribution in [1.29, 1.82) is 0 Å². The summed E-state index contributed by atoms with van der Waals surface area (Å²) in [6, 6.07) is 15.7. The van der Waals surface area contributed by atoms with E-state index >= 15 is 0 Å². The number of amides is 2. The first-order valence-electron chi connectivity index (χ1n) is 11.2. The smallest absolute Gasteiger partial charge is 0.407 e. The van der Waals surface area contributed by atoms with Gasteiger partial charge in [0.2, 0.25) is 0 Å². The Morgan fingerprint density at radius 2 is 1.73 bits per heavy atom. The van der Waals surface area contributed by atoms with Crippen LogP contribution in [0.5, 0.6) is 0 Å². The van der Waals surface area contributed by atoms with Gasteiger partial charge in [-0.05, 0) is 35.1 Å². The Balaban J connectivity index is 1.31. The molecule has 8 nitrogen and oxygen atoms in total. The molecule has 3 N–H and O–H groups in total. The van der Waals surface area contributed by atoms with Crippen molar-refractivity contribution >= 4 is 18.0 Å². The summed E-state index contributed by atoms with van der Waals surface area (Å²) < 4.78 is 11.1. The highest BCUT2D eigenvalue weighted by Gasteiger charge is 2.36. The molecule has 4 rings (SSSR count). The van der Waals surface area contributed by atoms with Gasteiger partial charge < -0.3 is 25.2 Å². The number of rotatable bonds is 8. The summed E-state index contributed by atoms with van der Waals surface area (Å²) in [5.74, 6) is -1.87. The van der Waals surface area contributed by atoms with E-state index in [1.165, 1.54) is 0 Å². The van der Waals surface area contributed by atoms with Gasteiger partial charge in [-0.1, -0.05) is 55.5 Å². The zero-order chi connectivity index (χ0) is 23.4. The summed E-state index contributed by atoms with van der Waals surface area (Å²) in [5, 5.41) is 14.4. The van der Waals surface area contributed by atoms with E-state index in [4.69, 9.17) is 14.6 Å². The van der Waals surface area contributed by atoms with Gasteiger partial charge in [0.05, 0.1) is 12.0 Å². The summed E-state index contributed by atoms with van der Waals surface area (Å²) >= 11 is 0. The molecule has 2 aromatic carbocycles. The van der Waals surface area contributed by atoms with E-state index in [1.807, 2.05) is 24.3 Å². The molecule has 1 heterocycles. The van der Waals surface area contributed by atoms with Crippen LogP contribution in [0.25, 0.3) is 11.1 Å². The lowest BCUT2D eigenvalue weighted by Crippen LogP contribution is -2.48. The fourth-order valence-electron chi connectivity index (χ4n) is 4.42. The highest BCUT2D eigenvalue weighted by Crippen LogP contribution is 2.44. The van der Waals surface area contributed by atoms with E-state index in [-0.39, 0.29) is 25.0 Å². The molecule has 0 radical (unpaired) electrons. The van der Waals surface area contributed by atoms with Crippen LogP contribution in [-0.2, 0) is 19.1 Å². The molecule has 2 aliphatic rings. The van der Waals surface area contributed by atoms with Gasteiger partial charge in [-0.3, -0.25) is 9.59 Å². The molecule has 33 heavy (non-hydrogen) atoms. The molecule has 0 bridgehead atoms. The van der Waals surface area contributed by atoms with E-state index < -0.39 is 30.1 Å². The molecular formula is C25H28N2O6. The standard InChI is InChI=1S/C25H28N2O6/c1-15(24(29)30)10-12-26-23(28)22-21(11-13-32-22)27-25(31)33-14-20-18-8-4-2-6-16(18)17-7-3-5-9-19(17)20/h2-9,15,20-22H,10-14H2,1H3,(H,26,28)(H,27,31)(H,29,30)/t15?,21-,22+/m1/s1. The first-order valence-corrected chi connectivity index (χ1v) is 11.2. The van der Waals surface area contributed by atoms with Gasteiger partial charge in [-0.15, -0.1) is 0 Å². The third kappa shape index (κ3) is 5.01. The molecule has 1 aliphatic heterocycles. The number of carboxylic acid groups (broad SMARTS) is 1. The van der Waals surface area contributed by atoms with E-state index in [2.05, 4.69) is 34.9 Å². The molecule has 1 aliphatic carbocycles. The van der Waals surface area contributed by atoms with Crippen LogP contribution in [0.1, 0.15) is 36.8 Å². The topological polar surface area (TPSA) is 114 Å². The molecule has 3 atom stereocenters. The average Bonchev–Trinajstić information content (AvgIpc) is 3.40. The van der Waals surface area contributed by atoms with Gasteiger partial charge in [0, 0.05) is 19.1 Å². The quantitative estimate of drug-likeness (QED) is 0.568. The van der Waals surface area contributed by atoms with E-state index in [1.54, 1.807) is 6.92 Å². The summed E-state index contributed by atoms with van der Waals surface area (Å²) in [5.41, 5.74) is 4.56. The highest BCUT2D eigenvalue weighted by molar-refractivity contribution is 5.83. The van der Waals surface area contributed by atoms with Crippen LogP contribution in [-0.4, -0.2) is 55.0 Å². The third-order valence-electron chi connectivity index (χ3n) is 6.30. The Kier molecular flexibility index (Phi) is 6.93. The minimum absolute atomic E-state index is 0.0432. The van der Waals surface area contributed by atoms with Crippen molar-refractivity contribution in [3.8, 4) is 11.1 Å². The molecule has 2 aromatic rings. The van der Waals surface area contributed by atoms with Crippen LogP contribution >= 0.6 is 0 Å². The molecule has 1 saturated heterocycles. The van der Waals surface area contributed by atoms with Gasteiger partial charge in [0.25, 0.3) is 5.91 Å². The van der Waals surface area contributed by atoms with Crippen molar-refractivity contribution in [3.05, 3.63) is 59.7 Å². The van der Waals surface area contributed by atoms with Crippen LogP contribution in [0.2, 0.25) is 0 Å². The number of carboxylic acids is 1. The van der Waals surface area contributed by atoms with Gasteiger partial charge in [-0.2, -0.15) is 0 Å². The molecule has 8 heteroatoms. The molecule has 0 saturated carbocycles. The predicted octanol–water partition coefficient (Wildman–Crippen LogP) is 2.91. The maximum absolute atomic E-state index is 12.5. The monoisotopic (exact) mass is 452 g/mol. The van der Waals surface area contributed by atoms with Crippen molar-refractivity contribution in [2.24, 2.45) is 5.92 Å². The normalized spacial score (nSPS) is 19.9. The van der Waals surface area contributed by atoms with Crippen LogP contribution in [0, 0.1) is 5.92 Å². The van der Waals surface area contributed by atoms with Crippen molar-refractivity contribution in [3.63, 3.8) is 0 Å². The molecule has 0 aromatic heterocycles. The van der Waals surface area contributed by atoms with Gasteiger partial charge in [0.15, 0.2) is 6.10 Å². The Labute approximate surface area is 192 Å². The number of benzene rings is 2. The summed E-state index contributed by atoms with van der Waals surface area (Å²) in [6.45, 7) is 2.35. The molecule has 1 unspecified atom stereocenters. The summed E-state index contributed by atoms with van der Waals surface area (Å²) in [6.07, 6.45) is -0.609. The Morgan fingerprint density at radius 1 is 1.09 bits per heavy atom. The lowest BCUT2D eigenvalue weighted by Gasteiger charge is -2.20. The average molecular weight is 453 g/mol. The van der Waals surface area contributed by atoms with E-state index in [9.17, 15) is 14.4 Å². The fourth-order valence-corrected chi connectivity index (χ4v) is 4.42. The SMILES string of the molecule is CC(CCNC(=O)[C@H]1OCC[C@H]1NC(=O)OCC1c2ccccc2-c2ccccc21)C(=O)O. The van der Waals surface area contributed by atoms with Crippen LogP contribution in [0.3, 0.4) is 0 Å². The minimum atomic E-state index is -0.906. The van der Waals surface area contributed by atoms with Crippen LogP contribution in [0.4, 0.5) is 4.79 Å². The molecular weight excluding hydrogens is 424 g/mol. The third-order valence-corrected chi connectivity index (χ3v) is 6.30. The fraction of sp³-hybridized carbons (Fsp3) is 0.400. The van der Waals surface area contributed by atoms with Crippen molar-refractivity contribution in [2.75, 3.05) is 19.8 Å². The second-order valence-corrected chi connectivity index (χ2v) is 8.48. The van der Waals surface area contributed by atoms with Crippen molar-refractivity contribution in [1.82, 2.24) is 10.6 Å². The number of carbonyl (C=O) groups excluding carboxylic acids is 2. The van der Waals surface area contributed by atoms with Crippen LogP contribution in [0.15, 0.2) is 48.5 Å². The summed E-state index contributed by atoms with van der Waals surface area (Å²) in [7, 11) is 0. The molecule has 0 spiro atoms. The zero-order valence-electron chi connectivity index (χ0n) is 18.5. The van der Waals surface area contributed by atoms with E-state index in [0.29, 0.717) is 19.4 Å². The number of ether oxygens (including phenoxy) is 2. The van der Waals surface area contributed by atoms with Gasteiger partial charge in [-0.25, -0.2) is 4.79 Å². The number of hydrogen-bond donors (Lipinski definition) is 3. The second kappa shape index (κ2) is 10.0. The molecule has 1 fully saturated rings. The second-order valence-electron chi connectivity index (χ2n) is 8.48. The maximum Gasteiger partial charge on any atom is 0.407 e. The summed E-state index contributed by atoms with van der Waals surface area (Å²) in [4.78, 5) is 35.9. The predicted molar refractivity (Wildman–Crippen MR) is 121 cm³/mol. The highest BCUT2D eigenvalue weighted by atomic mass is 16.6. The Bertz CT molecular complexity index is 994. The molecule has 174 valence electrons.